The molecule has 0 radical (unpaired) electrons. The summed E-state index contributed by atoms with van der Waals surface area (Å²) in [4.78, 5) is 13.2. The molecular formula is C15H16ClNO2S. The fourth-order valence-corrected chi connectivity index (χ4v) is 2.97. The van der Waals surface area contributed by atoms with E-state index in [2.05, 4.69) is 5.32 Å². The molecule has 0 aliphatic carbocycles. The van der Waals surface area contributed by atoms with E-state index in [0.717, 1.165) is 10.4 Å². The second kappa shape index (κ2) is 6.88. The molecule has 1 N–H and O–H groups in total. The molecule has 0 bridgehead atoms. The van der Waals surface area contributed by atoms with Gasteiger partial charge in [0, 0.05) is 15.9 Å². The average Bonchev–Trinajstić information content (AvgIpc) is 2.99. The molecule has 0 fully saturated rings. The Morgan fingerprint density at radius 2 is 2.05 bits per heavy atom. The Morgan fingerprint density at radius 3 is 2.65 bits per heavy atom. The molecule has 0 spiro atoms. The topological polar surface area (TPSA) is 38.3 Å². The predicted octanol–water partition coefficient (Wildman–Crippen LogP) is 3.97. The number of carbonyl (C=O) groups is 1. The number of esters is 1. The van der Waals surface area contributed by atoms with E-state index in [1.54, 1.807) is 17.4 Å². The van der Waals surface area contributed by atoms with E-state index >= 15 is 0 Å². The third-order valence-electron chi connectivity index (χ3n) is 3.04. The maximum Gasteiger partial charge on any atom is 0.327 e. The summed E-state index contributed by atoms with van der Waals surface area (Å²) in [6.45, 7) is 2.01. The largest absolute Gasteiger partial charge is 0.468 e. The highest BCUT2D eigenvalue weighted by molar-refractivity contribution is 7.10. The van der Waals surface area contributed by atoms with Crippen LogP contribution in [0.5, 0.6) is 0 Å². The zero-order chi connectivity index (χ0) is 14.5. The number of halogens is 1. The lowest BCUT2D eigenvalue weighted by molar-refractivity contribution is -0.143. The van der Waals surface area contributed by atoms with E-state index in [9.17, 15) is 4.79 Å². The van der Waals surface area contributed by atoms with Crippen LogP contribution in [0.1, 0.15) is 29.4 Å². The van der Waals surface area contributed by atoms with Crippen molar-refractivity contribution in [1.29, 1.82) is 0 Å². The molecule has 0 saturated carbocycles. The Labute approximate surface area is 127 Å². The van der Waals surface area contributed by atoms with Crippen molar-refractivity contribution >= 4 is 28.9 Å². The van der Waals surface area contributed by atoms with Gasteiger partial charge in [-0.25, -0.2) is 4.79 Å². The van der Waals surface area contributed by atoms with Crippen LogP contribution in [0, 0.1) is 0 Å². The summed E-state index contributed by atoms with van der Waals surface area (Å²) >= 11 is 7.83. The van der Waals surface area contributed by atoms with Crippen LogP contribution in [0.4, 0.5) is 0 Å². The van der Waals surface area contributed by atoms with Gasteiger partial charge in [-0.05, 0) is 30.0 Å². The molecule has 1 heterocycles. The number of nitrogens with one attached hydrogen (secondary N) is 1. The Balaban J connectivity index is 2.25. The zero-order valence-corrected chi connectivity index (χ0v) is 12.9. The Kier molecular flexibility index (Phi) is 5.17. The summed E-state index contributed by atoms with van der Waals surface area (Å²) in [7, 11) is 1.38. The SMILES string of the molecule is COC(=O)[C@@H](NC(C)c1cccs1)c1ccccc1Cl. The molecule has 3 nitrogen and oxygen atoms in total. The summed E-state index contributed by atoms with van der Waals surface area (Å²) in [6.07, 6.45) is 0. The number of benzene rings is 1. The van der Waals surface area contributed by atoms with Gasteiger partial charge in [0.05, 0.1) is 7.11 Å². The highest BCUT2D eigenvalue weighted by Crippen LogP contribution is 2.27. The molecule has 2 aromatic rings. The molecule has 0 saturated heterocycles. The number of thiophene rings is 1. The van der Waals surface area contributed by atoms with Gasteiger partial charge in [-0.1, -0.05) is 35.9 Å². The first-order valence-electron chi connectivity index (χ1n) is 6.25. The molecule has 1 aromatic heterocycles. The molecule has 106 valence electrons. The van der Waals surface area contributed by atoms with Crippen LogP contribution >= 0.6 is 22.9 Å². The highest BCUT2D eigenvalue weighted by atomic mass is 35.5. The standard InChI is InChI=1S/C15H16ClNO2S/c1-10(13-8-5-9-20-13)17-14(15(18)19-2)11-6-3-4-7-12(11)16/h3-10,14,17H,1-2H3/t10?,14-/m0/s1. The molecule has 0 amide bonds. The minimum atomic E-state index is -0.578. The molecule has 0 aliphatic rings. The molecule has 0 aliphatic heterocycles. The van der Waals surface area contributed by atoms with Crippen molar-refractivity contribution in [1.82, 2.24) is 5.32 Å². The summed E-state index contributed by atoms with van der Waals surface area (Å²) in [5.74, 6) is -0.346. The van der Waals surface area contributed by atoms with E-state index in [1.165, 1.54) is 7.11 Å². The molecule has 1 unspecified atom stereocenters. The first-order chi connectivity index (χ1) is 9.63. The summed E-state index contributed by atoms with van der Waals surface area (Å²) in [5.41, 5.74) is 0.726. The van der Waals surface area contributed by atoms with Gasteiger partial charge in [-0.15, -0.1) is 11.3 Å². The minimum absolute atomic E-state index is 0.0374. The lowest BCUT2D eigenvalue weighted by atomic mass is 10.1. The van der Waals surface area contributed by atoms with Crippen molar-refractivity contribution in [3.8, 4) is 0 Å². The fraction of sp³-hybridized carbons (Fsp3) is 0.267. The van der Waals surface area contributed by atoms with Crippen LogP contribution in [-0.2, 0) is 9.53 Å². The lowest BCUT2D eigenvalue weighted by Crippen LogP contribution is -2.31. The second-order valence-electron chi connectivity index (χ2n) is 4.38. The average molecular weight is 310 g/mol. The number of hydrogen-bond donors (Lipinski definition) is 1. The molecular weight excluding hydrogens is 294 g/mol. The van der Waals surface area contributed by atoms with Crippen LogP contribution in [0.25, 0.3) is 0 Å². The maximum absolute atomic E-state index is 12.0. The van der Waals surface area contributed by atoms with Crippen LogP contribution in [0.15, 0.2) is 41.8 Å². The lowest BCUT2D eigenvalue weighted by Gasteiger charge is -2.22. The van der Waals surface area contributed by atoms with E-state index in [1.807, 2.05) is 42.6 Å². The number of rotatable bonds is 5. The van der Waals surface area contributed by atoms with Gasteiger partial charge in [0.15, 0.2) is 0 Å². The molecule has 20 heavy (non-hydrogen) atoms. The third-order valence-corrected chi connectivity index (χ3v) is 4.44. The summed E-state index contributed by atoms with van der Waals surface area (Å²) in [5, 5.41) is 5.84. The fourth-order valence-electron chi connectivity index (χ4n) is 1.98. The maximum atomic E-state index is 12.0. The van der Waals surface area contributed by atoms with E-state index in [4.69, 9.17) is 16.3 Å². The van der Waals surface area contributed by atoms with Gasteiger partial charge < -0.3 is 4.74 Å². The Hall–Kier alpha value is -1.36. The predicted molar refractivity (Wildman–Crippen MR) is 82.1 cm³/mol. The molecule has 2 rings (SSSR count). The first kappa shape index (κ1) is 15.0. The van der Waals surface area contributed by atoms with Gasteiger partial charge in [0.2, 0.25) is 0 Å². The normalized spacial score (nSPS) is 13.8. The van der Waals surface area contributed by atoms with Crippen molar-refractivity contribution in [2.45, 2.75) is 19.0 Å². The first-order valence-corrected chi connectivity index (χ1v) is 7.51. The van der Waals surface area contributed by atoms with Gasteiger partial charge in [0.25, 0.3) is 0 Å². The van der Waals surface area contributed by atoms with Crippen LogP contribution in [0.2, 0.25) is 5.02 Å². The Bertz CT molecular complexity index is 571. The molecule has 2 atom stereocenters. The van der Waals surface area contributed by atoms with Crippen molar-refractivity contribution in [2.75, 3.05) is 7.11 Å². The molecule has 1 aromatic carbocycles. The summed E-state index contributed by atoms with van der Waals surface area (Å²) < 4.78 is 4.88. The van der Waals surface area contributed by atoms with Gasteiger partial charge in [-0.3, -0.25) is 5.32 Å². The monoisotopic (exact) mass is 309 g/mol. The quantitative estimate of drug-likeness (QED) is 0.849. The van der Waals surface area contributed by atoms with Crippen molar-refractivity contribution in [3.63, 3.8) is 0 Å². The number of hydrogen-bond acceptors (Lipinski definition) is 4. The van der Waals surface area contributed by atoms with Gasteiger partial charge in [0.1, 0.15) is 6.04 Å². The minimum Gasteiger partial charge on any atom is -0.468 e. The third kappa shape index (κ3) is 3.39. The van der Waals surface area contributed by atoms with E-state index in [0.29, 0.717) is 5.02 Å². The van der Waals surface area contributed by atoms with E-state index < -0.39 is 6.04 Å². The van der Waals surface area contributed by atoms with Crippen molar-refractivity contribution in [3.05, 3.63) is 57.2 Å². The van der Waals surface area contributed by atoms with Crippen molar-refractivity contribution in [2.24, 2.45) is 0 Å². The second-order valence-corrected chi connectivity index (χ2v) is 5.77. The van der Waals surface area contributed by atoms with Crippen LogP contribution < -0.4 is 5.32 Å². The highest BCUT2D eigenvalue weighted by Gasteiger charge is 2.25. The molecule has 5 heteroatoms. The Morgan fingerprint density at radius 1 is 1.30 bits per heavy atom. The van der Waals surface area contributed by atoms with Crippen molar-refractivity contribution < 1.29 is 9.53 Å². The number of ether oxygens (including phenoxy) is 1. The van der Waals surface area contributed by atoms with Crippen LogP contribution in [0.3, 0.4) is 0 Å². The van der Waals surface area contributed by atoms with Gasteiger partial charge in [-0.2, -0.15) is 0 Å². The van der Waals surface area contributed by atoms with Gasteiger partial charge >= 0.3 is 5.97 Å². The van der Waals surface area contributed by atoms with E-state index in [-0.39, 0.29) is 12.0 Å². The summed E-state index contributed by atoms with van der Waals surface area (Å²) in [6, 6.07) is 10.8. The number of carbonyl (C=O) groups excluding carboxylic acids is 1. The van der Waals surface area contributed by atoms with Crippen LogP contribution in [-0.4, -0.2) is 13.1 Å². The number of methoxy groups -OCH3 is 1. The zero-order valence-electron chi connectivity index (χ0n) is 11.3. The smallest absolute Gasteiger partial charge is 0.327 e.